The van der Waals surface area contributed by atoms with Gasteiger partial charge in [0.05, 0.1) is 18.9 Å². The van der Waals surface area contributed by atoms with Crippen LogP contribution in [0, 0.1) is 5.41 Å². The number of rotatable bonds is 3. The van der Waals surface area contributed by atoms with Crippen LogP contribution in [0.15, 0.2) is 0 Å². The van der Waals surface area contributed by atoms with Crippen molar-refractivity contribution >= 4 is 11.9 Å². The highest BCUT2D eigenvalue weighted by Gasteiger charge is 2.44. The van der Waals surface area contributed by atoms with E-state index in [2.05, 4.69) is 0 Å². The highest BCUT2D eigenvalue weighted by molar-refractivity contribution is 5.83. The van der Waals surface area contributed by atoms with Crippen molar-refractivity contribution in [2.45, 2.75) is 58.5 Å². The van der Waals surface area contributed by atoms with Crippen molar-refractivity contribution in [2.24, 2.45) is 5.41 Å². The van der Waals surface area contributed by atoms with Crippen LogP contribution in [0.5, 0.6) is 0 Å². The van der Waals surface area contributed by atoms with Crippen LogP contribution in [0.2, 0.25) is 0 Å². The van der Waals surface area contributed by atoms with Crippen LogP contribution in [0.25, 0.3) is 0 Å². The molecule has 0 atom stereocenters. The Morgan fingerprint density at radius 2 is 1.71 bits per heavy atom. The highest BCUT2D eigenvalue weighted by Crippen LogP contribution is 2.42. The normalized spacial score (nSPS) is 18.8. The van der Waals surface area contributed by atoms with Gasteiger partial charge in [-0.2, -0.15) is 0 Å². The lowest BCUT2D eigenvalue weighted by Crippen LogP contribution is -2.35. The zero-order valence-corrected chi connectivity index (χ0v) is 11.2. The largest absolute Gasteiger partial charge is 0.469 e. The van der Waals surface area contributed by atoms with Crippen molar-refractivity contribution in [3.8, 4) is 0 Å². The van der Waals surface area contributed by atoms with Gasteiger partial charge in [-0.05, 0) is 33.6 Å². The SMILES string of the molecule is COC(=O)C1(CC(=O)OC(C)(C)C)CCCC1. The summed E-state index contributed by atoms with van der Waals surface area (Å²) in [5.41, 5.74) is -1.15. The first kappa shape index (κ1) is 14.0. The average Bonchev–Trinajstić information content (AvgIpc) is 2.63. The first-order chi connectivity index (χ1) is 7.79. The molecule has 0 aromatic carbocycles. The summed E-state index contributed by atoms with van der Waals surface area (Å²) in [5, 5.41) is 0. The van der Waals surface area contributed by atoms with E-state index < -0.39 is 11.0 Å². The van der Waals surface area contributed by atoms with Crippen LogP contribution >= 0.6 is 0 Å². The maximum atomic E-state index is 11.8. The smallest absolute Gasteiger partial charge is 0.312 e. The van der Waals surface area contributed by atoms with Crippen molar-refractivity contribution in [2.75, 3.05) is 7.11 Å². The molecular formula is C13H22O4. The Morgan fingerprint density at radius 1 is 1.18 bits per heavy atom. The molecule has 1 rings (SSSR count). The molecule has 0 aliphatic heterocycles. The van der Waals surface area contributed by atoms with Gasteiger partial charge in [0.1, 0.15) is 5.60 Å². The summed E-state index contributed by atoms with van der Waals surface area (Å²) in [6.45, 7) is 5.47. The summed E-state index contributed by atoms with van der Waals surface area (Å²) in [4.78, 5) is 23.6. The first-order valence-corrected chi connectivity index (χ1v) is 6.09. The lowest BCUT2D eigenvalue weighted by molar-refractivity contribution is -0.166. The van der Waals surface area contributed by atoms with Crippen LogP contribution < -0.4 is 0 Å². The van der Waals surface area contributed by atoms with Gasteiger partial charge in [0, 0.05) is 0 Å². The van der Waals surface area contributed by atoms with Gasteiger partial charge in [0.2, 0.25) is 0 Å². The fourth-order valence-corrected chi connectivity index (χ4v) is 2.38. The molecule has 0 unspecified atom stereocenters. The summed E-state index contributed by atoms with van der Waals surface area (Å²) in [6.07, 6.45) is 3.52. The third-order valence-electron chi connectivity index (χ3n) is 3.08. The number of esters is 2. The number of methoxy groups -OCH3 is 1. The monoisotopic (exact) mass is 242 g/mol. The van der Waals surface area contributed by atoms with Gasteiger partial charge in [-0.15, -0.1) is 0 Å². The van der Waals surface area contributed by atoms with E-state index in [4.69, 9.17) is 9.47 Å². The molecular weight excluding hydrogens is 220 g/mol. The second-order valence-corrected chi connectivity index (χ2v) is 5.74. The van der Waals surface area contributed by atoms with Gasteiger partial charge < -0.3 is 9.47 Å². The van der Waals surface area contributed by atoms with Crippen molar-refractivity contribution in [3.05, 3.63) is 0 Å². The Hall–Kier alpha value is -1.06. The molecule has 0 saturated heterocycles. The molecule has 17 heavy (non-hydrogen) atoms. The molecule has 0 heterocycles. The summed E-state index contributed by atoms with van der Waals surface area (Å²) in [5.74, 6) is -0.592. The predicted octanol–water partition coefficient (Wildman–Crippen LogP) is 2.45. The van der Waals surface area contributed by atoms with E-state index in [1.165, 1.54) is 7.11 Å². The number of carbonyl (C=O) groups excluding carboxylic acids is 2. The average molecular weight is 242 g/mol. The molecule has 1 aliphatic carbocycles. The number of ether oxygens (including phenoxy) is 2. The molecule has 0 radical (unpaired) electrons. The van der Waals surface area contributed by atoms with E-state index in [1.54, 1.807) is 0 Å². The molecule has 0 aromatic heterocycles. The van der Waals surface area contributed by atoms with Crippen molar-refractivity contribution in [1.82, 2.24) is 0 Å². The summed E-state index contributed by atoms with van der Waals surface area (Å²) in [7, 11) is 1.37. The van der Waals surface area contributed by atoms with Crippen LogP contribution in [-0.2, 0) is 19.1 Å². The minimum absolute atomic E-state index is 0.136. The Morgan fingerprint density at radius 3 is 2.12 bits per heavy atom. The summed E-state index contributed by atoms with van der Waals surface area (Å²) in [6, 6.07) is 0. The Kier molecular flexibility index (Phi) is 4.17. The van der Waals surface area contributed by atoms with Crippen LogP contribution in [0.4, 0.5) is 0 Å². The van der Waals surface area contributed by atoms with E-state index in [-0.39, 0.29) is 18.4 Å². The second kappa shape index (κ2) is 5.07. The van der Waals surface area contributed by atoms with Gasteiger partial charge in [0.25, 0.3) is 0 Å². The molecule has 1 saturated carbocycles. The molecule has 0 amide bonds. The van der Waals surface area contributed by atoms with E-state index in [0.29, 0.717) is 0 Å². The van der Waals surface area contributed by atoms with Gasteiger partial charge in [-0.1, -0.05) is 12.8 Å². The molecule has 98 valence electrons. The topological polar surface area (TPSA) is 52.6 Å². The first-order valence-electron chi connectivity index (χ1n) is 6.09. The Labute approximate surface area is 103 Å². The predicted molar refractivity (Wildman–Crippen MR) is 63.4 cm³/mol. The number of hydrogen-bond acceptors (Lipinski definition) is 4. The summed E-state index contributed by atoms with van der Waals surface area (Å²) < 4.78 is 10.1. The van der Waals surface area contributed by atoms with Crippen molar-refractivity contribution in [3.63, 3.8) is 0 Å². The van der Waals surface area contributed by atoms with E-state index in [1.807, 2.05) is 20.8 Å². The minimum Gasteiger partial charge on any atom is -0.469 e. The fourth-order valence-electron chi connectivity index (χ4n) is 2.38. The van der Waals surface area contributed by atoms with Gasteiger partial charge in [-0.3, -0.25) is 9.59 Å². The van der Waals surface area contributed by atoms with Gasteiger partial charge >= 0.3 is 11.9 Å². The fraction of sp³-hybridized carbons (Fsp3) is 0.846. The Bertz CT molecular complexity index is 295. The van der Waals surface area contributed by atoms with E-state index in [9.17, 15) is 9.59 Å². The van der Waals surface area contributed by atoms with Gasteiger partial charge in [-0.25, -0.2) is 0 Å². The zero-order valence-electron chi connectivity index (χ0n) is 11.2. The third kappa shape index (κ3) is 3.72. The molecule has 4 heteroatoms. The lowest BCUT2D eigenvalue weighted by atomic mass is 9.83. The molecule has 1 aliphatic rings. The zero-order chi connectivity index (χ0) is 13.1. The van der Waals surface area contributed by atoms with Crippen molar-refractivity contribution < 1.29 is 19.1 Å². The number of carbonyl (C=O) groups is 2. The maximum absolute atomic E-state index is 11.8. The van der Waals surface area contributed by atoms with Crippen LogP contribution in [0.1, 0.15) is 52.9 Å². The standard InChI is InChI=1S/C13H22O4/c1-12(2,3)17-10(14)9-13(11(15)16-4)7-5-6-8-13/h5-9H2,1-4H3. The van der Waals surface area contributed by atoms with E-state index in [0.717, 1.165) is 25.7 Å². The molecule has 0 spiro atoms. The Balaban J connectivity index is 2.68. The van der Waals surface area contributed by atoms with Crippen LogP contribution in [0.3, 0.4) is 0 Å². The molecule has 1 fully saturated rings. The summed E-state index contributed by atoms with van der Waals surface area (Å²) >= 11 is 0. The van der Waals surface area contributed by atoms with Crippen molar-refractivity contribution in [1.29, 1.82) is 0 Å². The van der Waals surface area contributed by atoms with Crippen LogP contribution in [-0.4, -0.2) is 24.6 Å². The third-order valence-corrected chi connectivity index (χ3v) is 3.08. The highest BCUT2D eigenvalue weighted by atomic mass is 16.6. The number of hydrogen-bond donors (Lipinski definition) is 0. The lowest BCUT2D eigenvalue weighted by Gasteiger charge is -2.27. The molecule has 0 bridgehead atoms. The quantitative estimate of drug-likeness (QED) is 0.713. The molecule has 4 nitrogen and oxygen atoms in total. The maximum Gasteiger partial charge on any atom is 0.312 e. The second-order valence-electron chi connectivity index (χ2n) is 5.74. The minimum atomic E-state index is -0.642. The van der Waals surface area contributed by atoms with Gasteiger partial charge in [0.15, 0.2) is 0 Å². The molecule has 0 N–H and O–H groups in total. The molecule has 0 aromatic rings. The van der Waals surface area contributed by atoms with E-state index >= 15 is 0 Å².